The minimum atomic E-state index is -0.319. The first-order valence-corrected chi connectivity index (χ1v) is 9.17. The number of aromatic nitrogens is 3. The van der Waals surface area contributed by atoms with Crippen molar-refractivity contribution >= 4 is 5.91 Å². The van der Waals surface area contributed by atoms with Crippen molar-refractivity contribution in [3.63, 3.8) is 0 Å². The number of carbonyl (C=O) groups is 1. The Balaban J connectivity index is 1.41. The van der Waals surface area contributed by atoms with Crippen LogP contribution in [0.25, 0.3) is 11.1 Å². The average Bonchev–Trinajstić information content (AvgIpc) is 3.20. The van der Waals surface area contributed by atoms with Crippen molar-refractivity contribution in [2.45, 2.75) is 25.2 Å². The Kier molecular flexibility index (Phi) is 4.96. The van der Waals surface area contributed by atoms with Gasteiger partial charge in [0.05, 0.1) is 12.6 Å². The zero-order valence-corrected chi connectivity index (χ0v) is 14.9. The van der Waals surface area contributed by atoms with Gasteiger partial charge in [0.25, 0.3) is 0 Å². The number of hydrogen-bond donors (Lipinski definition) is 1. The van der Waals surface area contributed by atoms with Crippen LogP contribution in [0.15, 0.2) is 55.0 Å². The van der Waals surface area contributed by atoms with Crippen LogP contribution in [0.5, 0.6) is 0 Å². The van der Waals surface area contributed by atoms with Crippen LogP contribution in [0, 0.1) is 5.82 Å². The molecule has 0 saturated carbocycles. The zero-order valence-electron chi connectivity index (χ0n) is 14.9. The molecule has 0 bridgehead atoms. The number of rotatable bonds is 4. The number of aromatic amines is 1. The fourth-order valence-corrected chi connectivity index (χ4v) is 3.70. The van der Waals surface area contributed by atoms with Crippen LogP contribution >= 0.6 is 0 Å². The van der Waals surface area contributed by atoms with E-state index in [0.29, 0.717) is 24.6 Å². The summed E-state index contributed by atoms with van der Waals surface area (Å²) in [5.74, 6) is -0.00844. The van der Waals surface area contributed by atoms with Gasteiger partial charge in [-0.2, -0.15) is 5.10 Å². The smallest absolute Gasteiger partial charge is 0.227 e. The van der Waals surface area contributed by atoms with E-state index >= 15 is 0 Å². The lowest BCUT2D eigenvalue weighted by Crippen LogP contribution is -2.39. The molecular formula is C21H21FN4O. The Morgan fingerprint density at radius 3 is 2.63 bits per heavy atom. The lowest BCUT2D eigenvalue weighted by molar-refractivity contribution is -0.131. The molecule has 4 rings (SSSR count). The molecule has 3 aromatic rings. The molecule has 0 atom stereocenters. The fourth-order valence-electron chi connectivity index (χ4n) is 3.70. The lowest BCUT2D eigenvalue weighted by atomic mass is 9.89. The van der Waals surface area contributed by atoms with E-state index in [0.717, 1.165) is 29.7 Å². The predicted octanol–water partition coefficient (Wildman–Crippen LogP) is 3.56. The maximum Gasteiger partial charge on any atom is 0.227 e. The Bertz CT molecular complexity index is 917. The summed E-state index contributed by atoms with van der Waals surface area (Å²) in [5.41, 5.74) is 3.75. The molecule has 1 aliphatic heterocycles. The van der Waals surface area contributed by atoms with E-state index in [1.54, 1.807) is 30.6 Å². The molecular weight excluding hydrogens is 343 g/mol. The second kappa shape index (κ2) is 7.70. The summed E-state index contributed by atoms with van der Waals surface area (Å²) >= 11 is 0. The topological polar surface area (TPSA) is 61.9 Å². The van der Waals surface area contributed by atoms with Crippen molar-refractivity contribution < 1.29 is 9.18 Å². The Labute approximate surface area is 157 Å². The number of nitrogens with one attached hydrogen (secondary N) is 1. The number of benzene rings is 1. The minimum Gasteiger partial charge on any atom is -0.342 e. The number of halogens is 1. The van der Waals surface area contributed by atoms with Gasteiger partial charge in [0.2, 0.25) is 5.91 Å². The number of pyridine rings is 1. The van der Waals surface area contributed by atoms with Gasteiger partial charge in [0.15, 0.2) is 0 Å². The van der Waals surface area contributed by atoms with Crippen LogP contribution in [0.1, 0.15) is 30.0 Å². The molecule has 1 saturated heterocycles. The van der Waals surface area contributed by atoms with Crippen LogP contribution in [-0.2, 0) is 11.2 Å². The molecule has 0 radical (unpaired) electrons. The highest BCUT2D eigenvalue weighted by Crippen LogP contribution is 2.33. The summed E-state index contributed by atoms with van der Waals surface area (Å²) < 4.78 is 13.8. The van der Waals surface area contributed by atoms with Gasteiger partial charge in [-0.05, 0) is 42.2 Å². The number of nitrogens with zero attached hydrogens (tertiary/aromatic N) is 3. The van der Waals surface area contributed by atoms with Crippen molar-refractivity contribution in [3.05, 3.63) is 72.1 Å². The van der Waals surface area contributed by atoms with Crippen LogP contribution in [0.3, 0.4) is 0 Å². The van der Waals surface area contributed by atoms with E-state index in [1.165, 1.54) is 6.07 Å². The van der Waals surface area contributed by atoms with Gasteiger partial charge < -0.3 is 4.90 Å². The zero-order chi connectivity index (χ0) is 18.6. The third kappa shape index (κ3) is 3.74. The molecule has 1 aliphatic rings. The highest BCUT2D eigenvalue weighted by atomic mass is 19.1. The van der Waals surface area contributed by atoms with E-state index in [9.17, 15) is 9.18 Å². The van der Waals surface area contributed by atoms with Gasteiger partial charge in [-0.1, -0.05) is 18.2 Å². The molecule has 3 heterocycles. The monoisotopic (exact) mass is 364 g/mol. The van der Waals surface area contributed by atoms with Gasteiger partial charge in [-0.3, -0.25) is 14.9 Å². The molecule has 6 heteroatoms. The lowest BCUT2D eigenvalue weighted by Gasteiger charge is -2.32. The van der Waals surface area contributed by atoms with Gasteiger partial charge in [-0.25, -0.2) is 4.39 Å². The highest BCUT2D eigenvalue weighted by molar-refractivity contribution is 5.79. The first-order valence-electron chi connectivity index (χ1n) is 9.17. The first-order chi connectivity index (χ1) is 13.2. The molecule has 0 unspecified atom stereocenters. The second-order valence-electron chi connectivity index (χ2n) is 6.86. The molecule has 0 aliphatic carbocycles. The minimum absolute atomic E-state index is 0.0162. The van der Waals surface area contributed by atoms with Crippen LogP contribution in [-0.4, -0.2) is 39.1 Å². The van der Waals surface area contributed by atoms with Crippen molar-refractivity contribution in [2.75, 3.05) is 13.1 Å². The van der Waals surface area contributed by atoms with Crippen LogP contribution < -0.4 is 0 Å². The number of hydrogen-bond acceptors (Lipinski definition) is 3. The number of piperidine rings is 1. The Morgan fingerprint density at radius 2 is 1.89 bits per heavy atom. The number of carbonyl (C=O) groups excluding carboxylic acids is 1. The van der Waals surface area contributed by atoms with Gasteiger partial charge in [0, 0.05) is 42.7 Å². The van der Waals surface area contributed by atoms with E-state index in [-0.39, 0.29) is 18.1 Å². The van der Waals surface area contributed by atoms with Crippen molar-refractivity contribution in [1.82, 2.24) is 20.1 Å². The van der Waals surface area contributed by atoms with E-state index in [2.05, 4.69) is 15.2 Å². The molecule has 2 aromatic heterocycles. The fraction of sp³-hybridized carbons (Fsp3) is 0.286. The van der Waals surface area contributed by atoms with Crippen molar-refractivity contribution in [1.29, 1.82) is 0 Å². The Hall–Kier alpha value is -3.02. The number of H-pyrrole nitrogens is 1. The predicted molar refractivity (Wildman–Crippen MR) is 100 cm³/mol. The maximum atomic E-state index is 13.8. The van der Waals surface area contributed by atoms with Crippen molar-refractivity contribution in [2.24, 2.45) is 0 Å². The molecule has 1 amide bonds. The maximum absolute atomic E-state index is 13.8. The summed E-state index contributed by atoms with van der Waals surface area (Å²) in [7, 11) is 0. The summed E-state index contributed by atoms with van der Waals surface area (Å²) in [5, 5.41) is 7.37. The highest BCUT2D eigenvalue weighted by Gasteiger charge is 2.27. The summed E-state index contributed by atoms with van der Waals surface area (Å²) in [6.45, 7) is 1.35. The average molecular weight is 364 g/mol. The molecule has 1 fully saturated rings. The standard InChI is InChI=1S/C21H21FN4O/c22-19-4-2-1-3-17(19)13-20(27)26-11-7-16(8-12-26)21-18(14-24-25-21)15-5-9-23-10-6-15/h1-6,9-10,14,16H,7-8,11-13H2,(H,24,25). The van der Waals surface area contributed by atoms with Gasteiger partial charge in [-0.15, -0.1) is 0 Å². The third-order valence-corrected chi connectivity index (χ3v) is 5.22. The third-order valence-electron chi connectivity index (χ3n) is 5.22. The molecule has 138 valence electrons. The first kappa shape index (κ1) is 17.4. The van der Waals surface area contributed by atoms with E-state index in [1.807, 2.05) is 23.2 Å². The largest absolute Gasteiger partial charge is 0.342 e. The van der Waals surface area contributed by atoms with E-state index < -0.39 is 0 Å². The van der Waals surface area contributed by atoms with Crippen molar-refractivity contribution in [3.8, 4) is 11.1 Å². The normalized spacial score (nSPS) is 15.1. The SMILES string of the molecule is O=C(Cc1ccccc1F)N1CCC(c2[nH]ncc2-c2ccncc2)CC1. The molecule has 1 N–H and O–H groups in total. The second-order valence-corrected chi connectivity index (χ2v) is 6.86. The van der Waals surface area contributed by atoms with Gasteiger partial charge >= 0.3 is 0 Å². The molecule has 27 heavy (non-hydrogen) atoms. The number of likely N-dealkylation sites (tertiary alicyclic amines) is 1. The summed E-state index contributed by atoms with van der Waals surface area (Å²) in [6, 6.07) is 10.4. The van der Waals surface area contributed by atoms with Gasteiger partial charge in [0.1, 0.15) is 5.82 Å². The van der Waals surface area contributed by atoms with Crippen LogP contribution in [0.4, 0.5) is 4.39 Å². The molecule has 5 nitrogen and oxygen atoms in total. The quantitative estimate of drug-likeness (QED) is 0.770. The van der Waals surface area contributed by atoms with E-state index in [4.69, 9.17) is 0 Å². The summed E-state index contributed by atoms with van der Waals surface area (Å²) in [6.07, 6.45) is 7.24. The molecule has 0 spiro atoms. The Morgan fingerprint density at radius 1 is 1.15 bits per heavy atom. The van der Waals surface area contributed by atoms with Crippen LogP contribution in [0.2, 0.25) is 0 Å². The molecule has 1 aromatic carbocycles. The number of amides is 1. The summed E-state index contributed by atoms with van der Waals surface area (Å²) in [4.78, 5) is 18.4.